The number of nitrogens with zero attached hydrogens (tertiary/aromatic N) is 5. The van der Waals surface area contributed by atoms with Crippen molar-refractivity contribution < 1.29 is 4.79 Å². The van der Waals surface area contributed by atoms with Crippen LogP contribution < -0.4 is 4.90 Å². The van der Waals surface area contributed by atoms with E-state index in [1.165, 1.54) is 0 Å². The van der Waals surface area contributed by atoms with Crippen molar-refractivity contribution in [3.63, 3.8) is 0 Å². The summed E-state index contributed by atoms with van der Waals surface area (Å²) in [6, 6.07) is 13.9. The first-order chi connectivity index (χ1) is 14.7. The molecule has 6 nitrogen and oxygen atoms in total. The van der Waals surface area contributed by atoms with Gasteiger partial charge in [0.2, 0.25) is 0 Å². The first-order valence-electron chi connectivity index (χ1n) is 9.76. The van der Waals surface area contributed by atoms with Gasteiger partial charge >= 0.3 is 0 Å². The number of hydrogen-bond acceptors (Lipinski definition) is 4. The lowest BCUT2D eigenvalue weighted by Crippen LogP contribution is -2.23. The molecule has 0 saturated carbocycles. The second-order valence-electron chi connectivity index (χ2n) is 7.61. The lowest BCUT2D eigenvalue weighted by atomic mass is 10.0. The molecule has 0 spiro atoms. The molecule has 0 radical (unpaired) electrons. The molecule has 0 unspecified atom stereocenters. The van der Waals surface area contributed by atoms with Gasteiger partial charge in [-0.15, -0.1) is 0 Å². The van der Waals surface area contributed by atoms with Crippen LogP contribution in [0.3, 0.4) is 0 Å². The Bertz CT molecular complexity index is 1410. The number of aromatic nitrogens is 3. The van der Waals surface area contributed by atoms with Gasteiger partial charge in [0, 0.05) is 47.1 Å². The van der Waals surface area contributed by atoms with Gasteiger partial charge in [-0.05, 0) is 54.4 Å². The van der Waals surface area contributed by atoms with Crippen LogP contribution in [-0.2, 0) is 6.54 Å². The number of pyridine rings is 2. The molecular formula is C24H17N5O. The molecule has 1 aromatic carbocycles. The number of amides is 1. The van der Waals surface area contributed by atoms with E-state index in [1.807, 2.05) is 55.9 Å². The van der Waals surface area contributed by atoms with Gasteiger partial charge < -0.3 is 0 Å². The summed E-state index contributed by atoms with van der Waals surface area (Å²) in [5.41, 5.74) is 7.92. The van der Waals surface area contributed by atoms with Crippen molar-refractivity contribution in [1.82, 2.24) is 14.4 Å². The molecule has 0 fully saturated rings. The monoisotopic (exact) mass is 391 g/mol. The Morgan fingerprint density at radius 2 is 1.87 bits per heavy atom. The summed E-state index contributed by atoms with van der Waals surface area (Å²) in [4.78, 5) is 27.6. The molecule has 6 heteroatoms. The average molecular weight is 391 g/mol. The zero-order valence-corrected chi connectivity index (χ0v) is 16.3. The predicted molar refractivity (Wildman–Crippen MR) is 117 cm³/mol. The van der Waals surface area contributed by atoms with Gasteiger partial charge in [-0.2, -0.15) is 0 Å². The van der Waals surface area contributed by atoms with Gasteiger partial charge in [0.05, 0.1) is 18.4 Å². The summed E-state index contributed by atoms with van der Waals surface area (Å²) in [6.45, 7) is 2.52. The minimum absolute atomic E-state index is 0.00807. The molecule has 3 aromatic heterocycles. The lowest BCUT2D eigenvalue weighted by molar-refractivity contribution is 0.0996. The maximum Gasteiger partial charge on any atom is 0.260 e. The Morgan fingerprint density at radius 3 is 2.67 bits per heavy atom. The van der Waals surface area contributed by atoms with Crippen molar-refractivity contribution in [2.45, 2.75) is 13.5 Å². The molecule has 5 heterocycles. The van der Waals surface area contributed by atoms with Crippen LogP contribution in [0.4, 0.5) is 5.82 Å². The number of aliphatic imine (C=N–C) groups is 1. The van der Waals surface area contributed by atoms with Gasteiger partial charge in [0.25, 0.3) is 5.91 Å². The first kappa shape index (κ1) is 16.9. The fraction of sp³-hybridized carbons (Fsp3) is 0.0833. The summed E-state index contributed by atoms with van der Waals surface area (Å²) >= 11 is 0. The van der Waals surface area contributed by atoms with Crippen molar-refractivity contribution in [2.75, 3.05) is 4.90 Å². The number of rotatable bonds is 3. The molecule has 0 N–H and O–H groups in total. The molecule has 0 bridgehead atoms. The summed E-state index contributed by atoms with van der Waals surface area (Å²) < 4.78 is 2.08. The first-order valence-corrected chi connectivity index (χ1v) is 9.76. The summed E-state index contributed by atoms with van der Waals surface area (Å²) in [5.74, 6) is 0.680. The molecule has 6 rings (SSSR count). The van der Waals surface area contributed by atoms with Crippen molar-refractivity contribution in [3.05, 3.63) is 89.5 Å². The highest BCUT2D eigenvalue weighted by Crippen LogP contribution is 2.32. The van der Waals surface area contributed by atoms with Crippen molar-refractivity contribution in [3.8, 4) is 11.3 Å². The van der Waals surface area contributed by atoms with Crippen LogP contribution in [0.5, 0.6) is 0 Å². The Labute approximate surface area is 172 Å². The van der Waals surface area contributed by atoms with E-state index in [1.54, 1.807) is 11.1 Å². The number of benzene rings is 1. The quantitative estimate of drug-likeness (QED) is 0.523. The number of carbonyl (C=O) groups excluding carboxylic acids is 1. The molecule has 0 aliphatic carbocycles. The number of fused-ring (bicyclic) bond motifs is 2. The van der Waals surface area contributed by atoms with E-state index in [9.17, 15) is 4.79 Å². The molecule has 1 amide bonds. The Hall–Kier alpha value is -4.06. The second kappa shape index (κ2) is 6.22. The number of hydrogen-bond donors (Lipinski definition) is 0. The fourth-order valence-corrected chi connectivity index (χ4v) is 4.00. The van der Waals surface area contributed by atoms with E-state index in [4.69, 9.17) is 0 Å². The number of aryl methyl sites for hydroxylation is 1. The third-order valence-electron chi connectivity index (χ3n) is 5.65. The molecule has 30 heavy (non-hydrogen) atoms. The fourth-order valence-electron chi connectivity index (χ4n) is 4.00. The largest absolute Gasteiger partial charge is 0.299 e. The van der Waals surface area contributed by atoms with Gasteiger partial charge in [-0.1, -0.05) is 6.07 Å². The Kier molecular flexibility index (Phi) is 3.49. The third-order valence-corrected chi connectivity index (χ3v) is 5.65. The highest BCUT2D eigenvalue weighted by atomic mass is 16.2. The Morgan fingerprint density at radius 1 is 1.00 bits per heavy atom. The minimum atomic E-state index is -0.00807. The van der Waals surface area contributed by atoms with Crippen LogP contribution in [0.2, 0.25) is 0 Å². The van der Waals surface area contributed by atoms with Crippen LogP contribution >= 0.6 is 0 Å². The number of carbonyl (C=O) groups is 1. The normalized spacial score (nSPS) is 14.8. The molecule has 2 aliphatic heterocycles. The molecule has 4 aromatic rings. The SMILES string of the molecule is Cc1ccnc(N2Cc3cc(-c4cnc5ccc(C6=CN=C6)cn45)ccc3C2=O)c1. The van der Waals surface area contributed by atoms with Gasteiger partial charge in [0.15, 0.2) is 0 Å². The number of anilines is 1. The smallest absolute Gasteiger partial charge is 0.260 e. The van der Waals surface area contributed by atoms with Gasteiger partial charge in [-0.25, -0.2) is 9.97 Å². The maximum atomic E-state index is 12.9. The van der Waals surface area contributed by atoms with E-state index in [0.29, 0.717) is 12.4 Å². The van der Waals surface area contributed by atoms with Crippen LogP contribution in [0, 0.1) is 6.92 Å². The maximum absolute atomic E-state index is 12.9. The highest BCUT2D eigenvalue weighted by molar-refractivity contribution is 6.14. The zero-order valence-electron chi connectivity index (χ0n) is 16.3. The van der Waals surface area contributed by atoms with Crippen molar-refractivity contribution in [2.24, 2.45) is 4.99 Å². The number of imidazole rings is 1. The van der Waals surface area contributed by atoms with Crippen LogP contribution in [0.1, 0.15) is 27.0 Å². The molecular weight excluding hydrogens is 374 g/mol. The third kappa shape index (κ3) is 2.50. The Balaban J connectivity index is 1.40. The molecule has 144 valence electrons. The van der Waals surface area contributed by atoms with E-state index in [0.717, 1.165) is 44.7 Å². The van der Waals surface area contributed by atoms with Gasteiger partial charge in [0.1, 0.15) is 11.5 Å². The van der Waals surface area contributed by atoms with Crippen LogP contribution in [-0.4, -0.2) is 26.5 Å². The van der Waals surface area contributed by atoms with Gasteiger partial charge in [-0.3, -0.25) is 19.1 Å². The van der Waals surface area contributed by atoms with Crippen LogP contribution in [0.25, 0.3) is 22.5 Å². The number of allylic oxidation sites excluding steroid dienone is 1. The van der Waals surface area contributed by atoms with Crippen molar-refractivity contribution in [1.29, 1.82) is 0 Å². The average Bonchev–Trinajstić information content (AvgIpc) is 3.27. The standard InChI is InChI=1S/C24H17N5O/c1-15-6-7-26-23(8-15)29-14-18-9-16(2-4-20(18)24(29)30)21-12-27-22-5-3-17(13-28(21)22)19-10-25-11-19/h2-13H,14H2,1H3. The molecule has 0 saturated heterocycles. The topological polar surface area (TPSA) is 62.9 Å². The highest BCUT2D eigenvalue weighted by Gasteiger charge is 2.29. The molecule has 0 atom stereocenters. The van der Waals surface area contributed by atoms with E-state index in [2.05, 4.69) is 37.7 Å². The molecule has 2 aliphatic rings. The van der Waals surface area contributed by atoms with E-state index in [-0.39, 0.29) is 5.91 Å². The summed E-state index contributed by atoms with van der Waals surface area (Å²) in [6.07, 6.45) is 9.40. The minimum Gasteiger partial charge on any atom is -0.299 e. The van der Waals surface area contributed by atoms with E-state index < -0.39 is 0 Å². The lowest BCUT2D eigenvalue weighted by Gasteiger charge is -2.14. The second-order valence-corrected chi connectivity index (χ2v) is 7.61. The van der Waals surface area contributed by atoms with Crippen LogP contribution in [0.15, 0.2) is 72.2 Å². The summed E-state index contributed by atoms with van der Waals surface area (Å²) in [7, 11) is 0. The predicted octanol–water partition coefficient (Wildman–Crippen LogP) is 4.29. The van der Waals surface area contributed by atoms with E-state index >= 15 is 0 Å². The van der Waals surface area contributed by atoms with Crippen molar-refractivity contribution >= 4 is 29.2 Å². The zero-order chi connectivity index (χ0) is 20.2. The summed E-state index contributed by atoms with van der Waals surface area (Å²) in [5, 5.41) is 0.